The van der Waals surface area contributed by atoms with Crippen LogP contribution in [0, 0.1) is 0 Å². The number of piperazine rings is 1. The van der Waals surface area contributed by atoms with Crippen LogP contribution in [-0.2, 0) is 19.4 Å². The predicted molar refractivity (Wildman–Crippen MR) is 108 cm³/mol. The summed E-state index contributed by atoms with van der Waals surface area (Å²) in [6.45, 7) is 5.48. The van der Waals surface area contributed by atoms with Gasteiger partial charge in [0, 0.05) is 57.4 Å². The first-order valence-electron chi connectivity index (χ1n) is 10.2. The van der Waals surface area contributed by atoms with Crippen LogP contribution >= 0.6 is 0 Å². The van der Waals surface area contributed by atoms with Gasteiger partial charge in [-0.2, -0.15) is 5.10 Å². The van der Waals surface area contributed by atoms with E-state index in [2.05, 4.69) is 38.1 Å². The van der Waals surface area contributed by atoms with Crippen LogP contribution in [0.4, 0.5) is 0 Å². The summed E-state index contributed by atoms with van der Waals surface area (Å²) >= 11 is 0. The van der Waals surface area contributed by atoms with Gasteiger partial charge >= 0.3 is 0 Å². The second-order valence-corrected chi connectivity index (χ2v) is 7.76. The highest BCUT2D eigenvalue weighted by Crippen LogP contribution is 2.25. The third-order valence-electron chi connectivity index (χ3n) is 5.97. The monoisotopic (exact) mass is 374 g/mol. The van der Waals surface area contributed by atoms with E-state index < -0.39 is 0 Å². The molecule has 6 nitrogen and oxygen atoms in total. The van der Waals surface area contributed by atoms with Gasteiger partial charge < -0.3 is 0 Å². The van der Waals surface area contributed by atoms with Gasteiger partial charge in [0.15, 0.2) is 5.82 Å². The fourth-order valence-electron chi connectivity index (χ4n) is 4.41. The molecule has 6 heteroatoms. The lowest BCUT2D eigenvalue weighted by atomic mass is 9.92. The second kappa shape index (κ2) is 7.81. The SMILES string of the molecule is c1ccc(CN2CCN(C3CCc4nn(-c5ccccn5)cc4C3)CC2)nc1. The molecule has 0 saturated carbocycles. The zero-order valence-electron chi connectivity index (χ0n) is 16.1. The lowest BCUT2D eigenvalue weighted by Crippen LogP contribution is -2.51. The molecule has 144 valence electrons. The maximum atomic E-state index is 4.78. The van der Waals surface area contributed by atoms with Crippen LogP contribution in [-0.4, -0.2) is 61.8 Å². The number of hydrogen-bond acceptors (Lipinski definition) is 5. The van der Waals surface area contributed by atoms with Crippen molar-refractivity contribution in [2.75, 3.05) is 26.2 Å². The Morgan fingerprint density at radius 3 is 2.50 bits per heavy atom. The molecule has 3 aromatic rings. The molecule has 0 N–H and O–H groups in total. The molecule has 28 heavy (non-hydrogen) atoms. The molecule has 1 fully saturated rings. The van der Waals surface area contributed by atoms with Crippen molar-refractivity contribution in [2.24, 2.45) is 0 Å². The molecule has 0 aromatic carbocycles. The zero-order chi connectivity index (χ0) is 18.8. The maximum absolute atomic E-state index is 4.78. The summed E-state index contributed by atoms with van der Waals surface area (Å²) in [6, 6.07) is 12.8. The van der Waals surface area contributed by atoms with E-state index in [4.69, 9.17) is 5.10 Å². The fourth-order valence-corrected chi connectivity index (χ4v) is 4.41. The van der Waals surface area contributed by atoms with Crippen LogP contribution in [0.3, 0.4) is 0 Å². The zero-order valence-corrected chi connectivity index (χ0v) is 16.1. The number of nitrogens with zero attached hydrogens (tertiary/aromatic N) is 6. The van der Waals surface area contributed by atoms with Gasteiger partial charge in [-0.05, 0) is 49.1 Å². The molecule has 1 saturated heterocycles. The third-order valence-corrected chi connectivity index (χ3v) is 5.97. The summed E-state index contributed by atoms with van der Waals surface area (Å²) in [7, 11) is 0. The molecule has 1 atom stereocenters. The van der Waals surface area contributed by atoms with E-state index in [1.165, 1.54) is 23.4 Å². The van der Waals surface area contributed by atoms with Gasteiger partial charge in [-0.15, -0.1) is 0 Å². The number of rotatable bonds is 4. The largest absolute Gasteiger partial charge is 0.298 e. The van der Waals surface area contributed by atoms with Gasteiger partial charge in [0.25, 0.3) is 0 Å². The first kappa shape index (κ1) is 17.5. The highest BCUT2D eigenvalue weighted by Gasteiger charge is 2.29. The van der Waals surface area contributed by atoms with Crippen molar-refractivity contribution < 1.29 is 0 Å². The standard InChI is InChI=1S/C22H26N6/c1-3-9-23-19(5-1)17-26-11-13-27(14-12-26)20-7-8-21-18(15-20)16-28(25-21)22-6-2-4-10-24-22/h1-6,9-10,16,20H,7-8,11-15,17H2. The maximum Gasteiger partial charge on any atom is 0.153 e. The molecule has 0 radical (unpaired) electrons. The van der Waals surface area contributed by atoms with E-state index in [0.717, 1.165) is 51.4 Å². The van der Waals surface area contributed by atoms with Crippen molar-refractivity contribution in [3.05, 3.63) is 71.9 Å². The molecule has 1 aliphatic heterocycles. The molecule has 4 heterocycles. The minimum atomic E-state index is 0.630. The molecule has 3 aromatic heterocycles. The average molecular weight is 374 g/mol. The number of pyridine rings is 2. The van der Waals surface area contributed by atoms with Gasteiger partial charge in [-0.1, -0.05) is 12.1 Å². The summed E-state index contributed by atoms with van der Waals surface area (Å²) in [5.74, 6) is 0.900. The highest BCUT2D eigenvalue weighted by molar-refractivity contribution is 5.28. The summed E-state index contributed by atoms with van der Waals surface area (Å²) < 4.78 is 1.94. The lowest BCUT2D eigenvalue weighted by Gasteiger charge is -2.40. The van der Waals surface area contributed by atoms with Gasteiger partial charge in [-0.3, -0.25) is 14.8 Å². The Hall–Kier alpha value is -2.57. The first-order chi connectivity index (χ1) is 13.8. The molecule has 1 aliphatic carbocycles. The second-order valence-electron chi connectivity index (χ2n) is 7.76. The Morgan fingerprint density at radius 1 is 0.929 bits per heavy atom. The number of aromatic nitrogens is 4. The van der Waals surface area contributed by atoms with Crippen LogP contribution in [0.15, 0.2) is 55.0 Å². The molecule has 1 unspecified atom stereocenters. The van der Waals surface area contributed by atoms with Crippen LogP contribution < -0.4 is 0 Å². The van der Waals surface area contributed by atoms with Gasteiger partial charge in [-0.25, -0.2) is 9.67 Å². The van der Waals surface area contributed by atoms with Gasteiger partial charge in [0.2, 0.25) is 0 Å². The first-order valence-corrected chi connectivity index (χ1v) is 10.2. The minimum Gasteiger partial charge on any atom is -0.298 e. The van der Waals surface area contributed by atoms with Crippen molar-refractivity contribution in [1.29, 1.82) is 0 Å². The molecule has 0 amide bonds. The van der Waals surface area contributed by atoms with Crippen molar-refractivity contribution in [1.82, 2.24) is 29.5 Å². The van der Waals surface area contributed by atoms with Crippen molar-refractivity contribution in [3.8, 4) is 5.82 Å². The van der Waals surface area contributed by atoms with Crippen LogP contribution in [0.5, 0.6) is 0 Å². The van der Waals surface area contributed by atoms with E-state index in [9.17, 15) is 0 Å². The highest BCUT2D eigenvalue weighted by atomic mass is 15.3. The van der Waals surface area contributed by atoms with Crippen LogP contribution in [0.2, 0.25) is 0 Å². The topological polar surface area (TPSA) is 50.1 Å². The third kappa shape index (κ3) is 3.70. The van der Waals surface area contributed by atoms with E-state index in [-0.39, 0.29) is 0 Å². The van der Waals surface area contributed by atoms with Crippen LogP contribution in [0.25, 0.3) is 5.82 Å². The summed E-state index contributed by atoms with van der Waals surface area (Å²) in [5, 5.41) is 4.78. The van der Waals surface area contributed by atoms with Gasteiger partial charge in [0.05, 0.1) is 11.4 Å². The molecule has 2 aliphatic rings. The quantitative estimate of drug-likeness (QED) is 0.702. The van der Waals surface area contributed by atoms with Crippen molar-refractivity contribution in [3.63, 3.8) is 0 Å². The van der Waals surface area contributed by atoms with Gasteiger partial charge in [0.1, 0.15) is 0 Å². The molecule has 0 spiro atoms. The molecular weight excluding hydrogens is 348 g/mol. The van der Waals surface area contributed by atoms with Crippen molar-refractivity contribution in [2.45, 2.75) is 31.8 Å². The summed E-state index contributed by atoms with van der Waals surface area (Å²) in [4.78, 5) is 14.1. The normalized spacial score (nSPS) is 20.8. The summed E-state index contributed by atoms with van der Waals surface area (Å²) in [6.07, 6.45) is 9.25. The molecule has 5 rings (SSSR count). The Bertz CT molecular complexity index is 899. The smallest absolute Gasteiger partial charge is 0.153 e. The summed E-state index contributed by atoms with van der Waals surface area (Å²) in [5.41, 5.74) is 3.80. The lowest BCUT2D eigenvalue weighted by molar-refractivity contribution is 0.0848. The number of fused-ring (bicyclic) bond motifs is 1. The van der Waals surface area contributed by atoms with E-state index in [1.807, 2.05) is 41.3 Å². The number of aryl methyl sites for hydroxylation is 1. The van der Waals surface area contributed by atoms with Crippen molar-refractivity contribution >= 4 is 0 Å². The van der Waals surface area contributed by atoms with E-state index >= 15 is 0 Å². The Labute approximate surface area is 165 Å². The Kier molecular flexibility index (Phi) is 4.89. The Morgan fingerprint density at radius 2 is 1.75 bits per heavy atom. The molecule has 0 bridgehead atoms. The minimum absolute atomic E-state index is 0.630. The number of hydrogen-bond donors (Lipinski definition) is 0. The Balaban J connectivity index is 1.20. The van der Waals surface area contributed by atoms with E-state index in [1.54, 1.807) is 0 Å². The van der Waals surface area contributed by atoms with E-state index in [0.29, 0.717) is 6.04 Å². The predicted octanol–water partition coefficient (Wildman–Crippen LogP) is 2.34. The van der Waals surface area contributed by atoms with Crippen LogP contribution in [0.1, 0.15) is 23.4 Å². The molecular formula is C22H26N6. The average Bonchev–Trinajstić information content (AvgIpc) is 3.19. The fraction of sp³-hybridized carbons (Fsp3) is 0.409.